The minimum Gasteiger partial charge on any atom is -0.384 e. The van der Waals surface area contributed by atoms with E-state index in [1.807, 2.05) is 30.3 Å². The van der Waals surface area contributed by atoms with Crippen molar-refractivity contribution < 1.29 is 9.72 Å². The number of nitrogen functional groups attached to an aromatic ring is 1. The smallest absolute Gasteiger partial charge is 0.292 e. The second kappa shape index (κ2) is 11.0. The zero-order chi connectivity index (χ0) is 24.7. The van der Waals surface area contributed by atoms with Crippen molar-refractivity contribution in [2.45, 2.75) is 12.5 Å². The summed E-state index contributed by atoms with van der Waals surface area (Å²) in [5, 5.41) is 25.3. The fourth-order valence-electron chi connectivity index (χ4n) is 3.53. The van der Waals surface area contributed by atoms with Crippen molar-refractivity contribution in [3.63, 3.8) is 0 Å². The van der Waals surface area contributed by atoms with Crippen LogP contribution in [0.5, 0.6) is 0 Å². The van der Waals surface area contributed by atoms with Crippen LogP contribution in [0.25, 0.3) is 0 Å². The lowest BCUT2D eigenvalue weighted by molar-refractivity contribution is -0.384. The summed E-state index contributed by atoms with van der Waals surface area (Å²) in [7, 11) is 3.45. The van der Waals surface area contributed by atoms with Crippen molar-refractivity contribution in [1.82, 2.24) is 5.32 Å². The zero-order valence-corrected chi connectivity index (χ0v) is 19.1. The van der Waals surface area contributed by atoms with Gasteiger partial charge in [0, 0.05) is 38.0 Å². The number of nitrogens with one attached hydrogen (secondary N) is 3. The molecule has 3 aromatic carbocycles. The molecular weight excluding hydrogens is 432 g/mol. The van der Waals surface area contributed by atoms with E-state index in [0.29, 0.717) is 35.5 Å². The molecule has 0 bridgehead atoms. The van der Waals surface area contributed by atoms with E-state index in [4.69, 9.17) is 11.1 Å². The Morgan fingerprint density at radius 1 is 1.09 bits per heavy atom. The van der Waals surface area contributed by atoms with E-state index in [2.05, 4.69) is 10.6 Å². The van der Waals surface area contributed by atoms with E-state index < -0.39 is 11.0 Å². The molecule has 9 nitrogen and oxygen atoms in total. The van der Waals surface area contributed by atoms with Crippen LogP contribution in [0.2, 0.25) is 0 Å². The first-order valence-corrected chi connectivity index (χ1v) is 10.7. The Kier molecular flexibility index (Phi) is 7.81. The standard InChI is InChI=1S/C25H28N6O3/c1-30(2)21-13-10-19(16-22(21)31(33)34)23(29-20-11-8-18(9-12-20)24(26)27)25(32)28-15-14-17-6-4-3-5-7-17/h3-13,16,23,29H,14-15H2,1-2H3,(H3,26,27)(H,28,32). The number of nitro groups is 1. The molecule has 0 aliphatic rings. The monoisotopic (exact) mass is 460 g/mol. The summed E-state index contributed by atoms with van der Waals surface area (Å²) in [4.78, 5) is 26.1. The molecule has 3 aromatic rings. The van der Waals surface area contributed by atoms with Gasteiger partial charge >= 0.3 is 0 Å². The van der Waals surface area contributed by atoms with Crippen molar-refractivity contribution in [2.24, 2.45) is 5.73 Å². The predicted octanol–water partition coefficient (Wildman–Crippen LogP) is 3.46. The number of rotatable bonds is 10. The Bertz CT molecular complexity index is 1160. The topological polar surface area (TPSA) is 137 Å². The van der Waals surface area contributed by atoms with Crippen molar-refractivity contribution in [3.8, 4) is 0 Å². The average molecular weight is 461 g/mol. The largest absolute Gasteiger partial charge is 0.384 e. The third kappa shape index (κ3) is 6.10. The summed E-state index contributed by atoms with van der Waals surface area (Å²) >= 11 is 0. The van der Waals surface area contributed by atoms with Crippen LogP contribution in [0.1, 0.15) is 22.7 Å². The Balaban J connectivity index is 1.87. The van der Waals surface area contributed by atoms with E-state index in [1.165, 1.54) is 6.07 Å². The molecule has 0 aromatic heterocycles. The minimum atomic E-state index is -0.867. The lowest BCUT2D eigenvalue weighted by atomic mass is 10.0. The summed E-state index contributed by atoms with van der Waals surface area (Å²) in [6.45, 7) is 0.419. The van der Waals surface area contributed by atoms with Crippen LogP contribution in [0.15, 0.2) is 72.8 Å². The normalized spacial score (nSPS) is 11.4. The molecular formula is C25H28N6O3. The highest BCUT2D eigenvalue weighted by Gasteiger charge is 2.25. The number of benzene rings is 3. The molecule has 34 heavy (non-hydrogen) atoms. The molecule has 0 fully saturated rings. The summed E-state index contributed by atoms with van der Waals surface area (Å²) in [6, 6.07) is 20.5. The van der Waals surface area contributed by atoms with Crippen LogP contribution in [0.3, 0.4) is 0 Å². The van der Waals surface area contributed by atoms with Gasteiger partial charge in [0.05, 0.1) is 4.92 Å². The molecule has 0 saturated heterocycles. The van der Waals surface area contributed by atoms with Gasteiger partial charge in [-0.05, 0) is 47.9 Å². The van der Waals surface area contributed by atoms with Crippen LogP contribution >= 0.6 is 0 Å². The van der Waals surface area contributed by atoms with E-state index in [9.17, 15) is 14.9 Å². The molecule has 3 rings (SSSR count). The van der Waals surface area contributed by atoms with Crippen LogP contribution in [-0.4, -0.2) is 37.3 Å². The highest BCUT2D eigenvalue weighted by molar-refractivity contribution is 5.95. The summed E-state index contributed by atoms with van der Waals surface area (Å²) < 4.78 is 0. The van der Waals surface area contributed by atoms with E-state index >= 15 is 0 Å². The summed E-state index contributed by atoms with van der Waals surface area (Å²) in [5.41, 5.74) is 8.62. The maximum absolute atomic E-state index is 13.2. The van der Waals surface area contributed by atoms with Gasteiger partial charge in [0.25, 0.3) is 5.69 Å². The van der Waals surface area contributed by atoms with Crippen LogP contribution in [0.4, 0.5) is 17.1 Å². The molecule has 0 aliphatic carbocycles. The second-order valence-electron chi connectivity index (χ2n) is 7.99. The van der Waals surface area contributed by atoms with Gasteiger partial charge in [0.15, 0.2) is 0 Å². The molecule has 9 heteroatoms. The van der Waals surface area contributed by atoms with Crippen LogP contribution in [-0.2, 0) is 11.2 Å². The van der Waals surface area contributed by atoms with Gasteiger partial charge in [-0.3, -0.25) is 20.3 Å². The Morgan fingerprint density at radius 2 is 1.76 bits per heavy atom. The number of hydrogen-bond donors (Lipinski definition) is 4. The zero-order valence-electron chi connectivity index (χ0n) is 19.1. The van der Waals surface area contributed by atoms with Gasteiger partial charge in [-0.15, -0.1) is 0 Å². The predicted molar refractivity (Wildman–Crippen MR) is 134 cm³/mol. The highest BCUT2D eigenvalue weighted by atomic mass is 16.6. The fourth-order valence-corrected chi connectivity index (χ4v) is 3.53. The molecule has 1 amide bonds. The highest BCUT2D eigenvalue weighted by Crippen LogP contribution is 2.31. The molecule has 0 heterocycles. The third-order valence-corrected chi connectivity index (χ3v) is 5.34. The number of nitrogens with zero attached hydrogens (tertiary/aromatic N) is 2. The van der Waals surface area contributed by atoms with Crippen LogP contribution in [0, 0.1) is 15.5 Å². The Hall–Kier alpha value is -4.40. The number of carbonyl (C=O) groups excluding carboxylic acids is 1. The number of hydrogen-bond acceptors (Lipinski definition) is 6. The van der Waals surface area contributed by atoms with Crippen molar-refractivity contribution in [2.75, 3.05) is 30.9 Å². The van der Waals surface area contributed by atoms with Crippen molar-refractivity contribution in [1.29, 1.82) is 5.41 Å². The van der Waals surface area contributed by atoms with Gasteiger partial charge in [-0.1, -0.05) is 36.4 Å². The number of amidine groups is 1. The minimum absolute atomic E-state index is 0.0587. The molecule has 0 radical (unpaired) electrons. The second-order valence-corrected chi connectivity index (χ2v) is 7.99. The number of carbonyl (C=O) groups is 1. The molecule has 0 saturated carbocycles. The first-order chi connectivity index (χ1) is 16.3. The first-order valence-electron chi connectivity index (χ1n) is 10.7. The Labute approximate surface area is 198 Å². The molecule has 176 valence electrons. The van der Waals surface area contributed by atoms with Gasteiger partial charge in [0.2, 0.25) is 5.91 Å². The number of anilines is 2. The molecule has 0 aliphatic heterocycles. The van der Waals surface area contributed by atoms with Crippen molar-refractivity contribution >= 4 is 28.8 Å². The van der Waals surface area contributed by atoms with Gasteiger partial charge in [-0.25, -0.2) is 0 Å². The lowest BCUT2D eigenvalue weighted by Gasteiger charge is -2.21. The summed E-state index contributed by atoms with van der Waals surface area (Å²) in [5.74, 6) is -0.366. The number of nitrogens with two attached hydrogens (primary N) is 1. The van der Waals surface area contributed by atoms with Gasteiger partial charge in [-0.2, -0.15) is 0 Å². The average Bonchev–Trinajstić information content (AvgIpc) is 2.83. The number of amides is 1. The van der Waals surface area contributed by atoms with Crippen molar-refractivity contribution in [3.05, 3.63) is 99.6 Å². The van der Waals surface area contributed by atoms with Gasteiger partial charge in [0.1, 0.15) is 17.6 Å². The lowest BCUT2D eigenvalue weighted by Crippen LogP contribution is -2.34. The van der Waals surface area contributed by atoms with Gasteiger partial charge < -0.3 is 21.3 Å². The maximum atomic E-state index is 13.2. The first kappa shape index (κ1) is 24.2. The van der Waals surface area contributed by atoms with E-state index in [1.54, 1.807) is 55.4 Å². The molecule has 1 atom stereocenters. The fraction of sp³-hybridized carbons (Fsp3) is 0.200. The Morgan fingerprint density at radius 3 is 2.35 bits per heavy atom. The summed E-state index contributed by atoms with van der Waals surface area (Å²) in [6.07, 6.45) is 0.659. The van der Waals surface area contributed by atoms with E-state index in [-0.39, 0.29) is 17.4 Å². The number of nitro benzene ring substituents is 1. The van der Waals surface area contributed by atoms with Crippen LogP contribution < -0.4 is 21.3 Å². The third-order valence-electron chi connectivity index (χ3n) is 5.34. The SMILES string of the molecule is CN(C)c1ccc(C(Nc2ccc(C(=N)N)cc2)C(=O)NCCc2ccccc2)cc1[N+](=O)[O-]. The molecule has 0 spiro atoms. The molecule has 1 unspecified atom stereocenters. The molecule has 5 N–H and O–H groups in total. The maximum Gasteiger partial charge on any atom is 0.292 e. The van der Waals surface area contributed by atoms with E-state index in [0.717, 1.165) is 5.56 Å². The quantitative estimate of drug-likeness (QED) is 0.158.